The molecule has 9 heteroatoms. The summed E-state index contributed by atoms with van der Waals surface area (Å²) in [5.41, 5.74) is 0.0668. The molecule has 1 saturated heterocycles. The van der Waals surface area contributed by atoms with Gasteiger partial charge in [0.2, 0.25) is 17.6 Å². The molecule has 168 valence electrons. The first-order valence-corrected chi connectivity index (χ1v) is 10.3. The fourth-order valence-electron chi connectivity index (χ4n) is 3.89. The molecule has 32 heavy (non-hydrogen) atoms. The first kappa shape index (κ1) is 22.0. The normalized spacial score (nSPS) is 16.9. The van der Waals surface area contributed by atoms with Crippen molar-refractivity contribution in [2.24, 2.45) is 5.92 Å². The molecule has 5 nitrogen and oxygen atoms in total. The third kappa shape index (κ3) is 5.15. The highest BCUT2D eigenvalue weighted by atomic mass is 19.4. The van der Waals surface area contributed by atoms with Gasteiger partial charge >= 0.3 is 6.18 Å². The quantitative estimate of drug-likeness (QED) is 0.521. The molecule has 1 atom stereocenters. The van der Waals surface area contributed by atoms with Gasteiger partial charge in [-0.05, 0) is 48.6 Å². The summed E-state index contributed by atoms with van der Waals surface area (Å²) < 4.78 is 57.3. The minimum Gasteiger partial charge on any atom is -0.342 e. The SMILES string of the molecule is O=C(Cc1ccc(C(F)(F)F)cc1)N1CCCC(Cc2nc(-c3ccccc3F)no2)C1. The van der Waals surface area contributed by atoms with Gasteiger partial charge in [0.05, 0.1) is 17.5 Å². The molecular weight excluding hydrogens is 426 g/mol. The van der Waals surface area contributed by atoms with Crippen LogP contribution in [0.1, 0.15) is 29.9 Å². The number of halogens is 4. The molecule has 0 aliphatic carbocycles. The number of carbonyl (C=O) groups is 1. The smallest absolute Gasteiger partial charge is 0.342 e. The molecule has 1 aromatic heterocycles. The molecule has 2 heterocycles. The number of benzene rings is 2. The van der Waals surface area contributed by atoms with Crippen molar-refractivity contribution in [1.82, 2.24) is 15.0 Å². The third-order valence-electron chi connectivity index (χ3n) is 5.55. The van der Waals surface area contributed by atoms with Crippen LogP contribution in [0, 0.1) is 11.7 Å². The molecule has 1 amide bonds. The molecule has 2 aromatic carbocycles. The van der Waals surface area contributed by atoms with Crippen molar-refractivity contribution in [3.05, 3.63) is 71.4 Å². The zero-order chi connectivity index (χ0) is 22.7. The topological polar surface area (TPSA) is 59.2 Å². The Labute approximate surface area is 182 Å². The highest BCUT2D eigenvalue weighted by molar-refractivity contribution is 5.78. The van der Waals surface area contributed by atoms with Crippen molar-refractivity contribution in [2.45, 2.75) is 31.9 Å². The molecule has 3 aromatic rings. The summed E-state index contributed by atoms with van der Waals surface area (Å²) >= 11 is 0. The van der Waals surface area contributed by atoms with E-state index in [9.17, 15) is 22.4 Å². The van der Waals surface area contributed by atoms with Crippen molar-refractivity contribution >= 4 is 5.91 Å². The number of hydrogen-bond acceptors (Lipinski definition) is 4. The zero-order valence-corrected chi connectivity index (χ0v) is 17.1. The third-order valence-corrected chi connectivity index (χ3v) is 5.55. The van der Waals surface area contributed by atoms with Crippen LogP contribution in [0.5, 0.6) is 0 Å². The summed E-state index contributed by atoms with van der Waals surface area (Å²) in [7, 11) is 0. The first-order valence-electron chi connectivity index (χ1n) is 10.3. The lowest BCUT2D eigenvalue weighted by atomic mass is 9.94. The predicted molar refractivity (Wildman–Crippen MR) is 108 cm³/mol. The lowest BCUT2D eigenvalue weighted by Gasteiger charge is -2.32. The molecule has 0 spiro atoms. The second-order valence-electron chi connectivity index (χ2n) is 7.92. The van der Waals surface area contributed by atoms with Crippen LogP contribution in [0.15, 0.2) is 53.1 Å². The van der Waals surface area contributed by atoms with E-state index in [1.54, 1.807) is 23.1 Å². The maximum atomic E-state index is 13.9. The largest absolute Gasteiger partial charge is 0.416 e. The van der Waals surface area contributed by atoms with Gasteiger partial charge in [-0.25, -0.2) is 4.39 Å². The predicted octanol–water partition coefficient (Wildman–Crippen LogP) is 4.92. The summed E-state index contributed by atoms with van der Waals surface area (Å²) in [6.45, 7) is 1.09. The molecular formula is C23H21F4N3O2. The van der Waals surface area contributed by atoms with Crippen LogP contribution >= 0.6 is 0 Å². The fourth-order valence-corrected chi connectivity index (χ4v) is 3.89. The Bertz CT molecular complexity index is 1080. The summed E-state index contributed by atoms with van der Waals surface area (Å²) in [5, 5.41) is 3.86. The second-order valence-corrected chi connectivity index (χ2v) is 7.92. The fraction of sp³-hybridized carbons (Fsp3) is 0.348. The van der Waals surface area contributed by atoms with Gasteiger partial charge in [0.15, 0.2) is 0 Å². The van der Waals surface area contributed by atoms with Crippen molar-refractivity contribution in [1.29, 1.82) is 0 Å². The van der Waals surface area contributed by atoms with E-state index < -0.39 is 17.6 Å². The van der Waals surface area contributed by atoms with E-state index in [1.807, 2.05) is 0 Å². The van der Waals surface area contributed by atoms with Gasteiger partial charge < -0.3 is 9.42 Å². The van der Waals surface area contributed by atoms with Gasteiger partial charge in [-0.1, -0.05) is 29.4 Å². The van der Waals surface area contributed by atoms with Crippen molar-refractivity contribution < 1.29 is 26.9 Å². The second kappa shape index (κ2) is 9.10. The summed E-state index contributed by atoms with van der Waals surface area (Å²) in [6, 6.07) is 10.8. The Morgan fingerprint density at radius 3 is 2.59 bits per heavy atom. The molecule has 0 radical (unpaired) electrons. The maximum absolute atomic E-state index is 13.9. The molecule has 1 aliphatic rings. The number of piperidine rings is 1. The van der Waals surface area contributed by atoms with Crippen molar-refractivity contribution in [2.75, 3.05) is 13.1 Å². The molecule has 0 saturated carbocycles. The monoisotopic (exact) mass is 447 g/mol. The number of rotatable bonds is 5. The van der Waals surface area contributed by atoms with E-state index in [1.165, 1.54) is 18.2 Å². The number of likely N-dealkylation sites (tertiary alicyclic amines) is 1. The number of hydrogen-bond donors (Lipinski definition) is 0. The molecule has 0 N–H and O–H groups in total. The summed E-state index contributed by atoms with van der Waals surface area (Å²) in [6.07, 6.45) is -2.21. The van der Waals surface area contributed by atoms with Crippen LogP contribution in [0.2, 0.25) is 0 Å². The lowest BCUT2D eigenvalue weighted by molar-refractivity contribution is -0.137. The minimum atomic E-state index is -4.40. The summed E-state index contributed by atoms with van der Waals surface area (Å²) in [5.74, 6) is 0.105. The Balaban J connectivity index is 1.35. The van der Waals surface area contributed by atoms with E-state index in [4.69, 9.17) is 4.52 Å². The molecule has 4 rings (SSSR count). The van der Waals surface area contributed by atoms with Crippen molar-refractivity contribution in [3.63, 3.8) is 0 Å². The Morgan fingerprint density at radius 2 is 1.88 bits per heavy atom. The highest BCUT2D eigenvalue weighted by Gasteiger charge is 2.30. The highest BCUT2D eigenvalue weighted by Crippen LogP contribution is 2.29. The van der Waals surface area contributed by atoms with Crippen LogP contribution in [0.4, 0.5) is 17.6 Å². The first-order chi connectivity index (χ1) is 15.3. The zero-order valence-electron chi connectivity index (χ0n) is 17.1. The molecule has 1 aliphatic heterocycles. The van der Waals surface area contributed by atoms with Gasteiger partial charge in [-0.2, -0.15) is 18.2 Å². The van der Waals surface area contributed by atoms with Crippen LogP contribution in [0.25, 0.3) is 11.4 Å². The maximum Gasteiger partial charge on any atom is 0.416 e. The van der Waals surface area contributed by atoms with E-state index >= 15 is 0 Å². The number of amides is 1. The van der Waals surface area contributed by atoms with Crippen LogP contribution in [-0.4, -0.2) is 34.0 Å². The standard InChI is InChI=1S/C23H21F4N3O2/c24-19-6-2-1-5-18(19)22-28-20(32-29-22)12-16-4-3-11-30(14-16)21(31)13-15-7-9-17(10-8-15)23(25,26)27/h1-2,5-10,16H,3-4,11-14H2. The van der Waals surface area contributed by atoms with Gasteiger partial charge in [-0.15, -0.1) is 0 Å². The van der Waals surface area contributed by atoms with Crippen LogP contribution in [-0.2, 0) is 23.8 Å². The van der Waals surface area contributed by atoms with Gasteiger partial charge in [0.25, 0.3) is 0 Å². The lowest BCUT2D eigenvalue weighted by Crippen LogP contribution is -2.41. The van der Waals surface area contributed by atoms with E-state index in [2.05, 4.69) is 10.1 Å². The number of aromatic nitrogens is 2. The summed E-state index contributed by atoms with van der Waals surface area (Å²) in [4.78, 5) is 18.7. The Hall–Kier alpha value is -3.23. The van der Waals surface area contributed by atoms with Crippen LogP contribution in [0.3, 0.4) is 0 Å². The number of alkyl halides is 3. The number of nitrogens with zero attached hydrogens (tertiary/aromatic N) is 3. The van der Waals surface area contributed by atoms with Gasteiger partial charge in [0.1, 0.15) is 5.82 Å². The average molecular weight is 447 g/mol. The van der Waals surface area contributed by atoms with Gasteiger partial charge in [-0.3, -0.25) is 4.79 Å². The Morgan fingerprint density at radius 1 is 1.12 bits per heavy atom. The number of carbonyl (C=O) groups excluding carboxylic acids is 1. The molecule has 1 fully saturated rings. The minimum absolute atomic E-state index is 0.0445. The van der Waals surface area contributed by atoms with Gasteiger partial charge in [0, 0.05) is 19.5 Å². The molecule has 0 bridgehead atoms. The average Bonchev–Trinajstić information content (AvgIpc) is 3.22. The Kier molecular flexibility index (Phi) is 6.25. The van der Waals surface area contributed by atoms with E-state index in [0.29, 0.717) is 31.0 Å². The van der Waals surface area contributed by atoms with E-state index in [0.717, 1.165) is 25.0 Å². The van der Waals surface area contributed by atoms with Crippen molar-refractivity contribution in [3.8, 4) is 11.4 Å². The molecule has 1 unspecified atom stereocenters. The van der Waals surface area contributed by atoms with E-state index in [-0.39, 0.29) is 29.6 Å². The van der Waals surface area contributed by atoms with Crippen LogP contribution < -0.4 is 0 Å².